The van der Waals surface area contributed by atoms with Gasteiger partial charge in [-0.1, -0.05) is 23.7 Å². The second-order valence-electron chi connectivity index (χ2n) is 5.01. The average Bonchev–Trinajstić information content (AvgIpc) is 3.06. The van der Waals surface area contributed by atoms with Crippen molar-refractivity contribution in [3.63, 3.8) is 0 Å². The molecule has 0 aliphatic carbocycles. The Balaban J connectivity index is 1.87. The van der Waals surface area contributed by atoms with Crippen LogP contribution >= 0.6 is 11.6 Å². The standard InChI is InChI=1S/C18H15ClN2O/c1-13-16(19)8-5-9-17(13)20-18(22)14-6-4-7-15(12-14)21-10-2-3-11-21/h2-12H,1H3,(H,20,22). The summed E-state index contributed by atoms with van der Waals surface area (Å²) in [5.41, 5.74) is 3.13. The number of hydrogen-bond acceptors (Lipinski definition) is 1. The number of carbonyl (C=O) groups is 1. The molecule has 0 atom stereocenters. The second-order valence-corrected chi connectivity index (χ2v) is 5.41. The van der Waals surface area contributed by atoms with E-state index < -0.39 is 0 Å². The summed E-state index contributed by atoms with van der Waals surface area (Å²) in [6.45, 7) is 1.88. The number of aromatic nitrogens is 1. The summed E-state index contributed by atoms with van der Waals surface area (Å²) in [7, 11) is 0. The molecular weight excluding hydrogens is 296 g/mol. The quantitative estimate of drug-likeness (QED) is 0.748. The smallest absolute Gasteiger partial charge is 0.255 e. The summed E-state index contributed by atoms with van der Waals surface area (Å²) in [5, 5.41) is 3.55. The lowest BCUT2D eigenvalue weighted by Gasteiger charge is -2.10. The van der Waals surface area contributed by atoms with Gasteiger partial charge >= 0.3 is 0 Å². The van der Waals surface area contributed by atoms with Crippen LogP contribution in [0, 0.1) is 6.92 Å². The van der Waals surface area contributed by atoms with Crippen LogP contribution in [-0.4, -0.2) is 10.5 Å². The first-order valence-electron chi connectivity index (χ1n) is 6.95. The first-order chi connectivity index (χ1) is 10.6. The number of amides is 1. The zero-order valence-corrected chi connectivity index (χ0v) is 12.8. The van der Waals surface area contributed by atoms with Crippen molar-refractivity contribution < 1.29 is 4.79 Å². The zero-order chi connectivity index (χ0) is 15.5. The van der Waals surface area contributed by atoms with Crippen LogP contribution in [0.15, 0.2) is 67.0 Å². The van der Waals surface area contributed by atoms with E-state index in [1.807, 2.05) is 66.3 Å². The molecule has 3 nitrogen and oxygen atoms in total. The van der Waals surface area contributed by atoms with E-state index in [9.17, 15) is 4.79 Å². The molecule has 1 aromatic heterocycles. The third kappa shape index (κ3) is 2.90. The van der Waals surface area contributed by atoms with Crippen molar-refractivity contribution in [3.05, 3.63) is 83.1 Å². The second kappa shape index (κ2) is 6.08. The molecule has 0 bridgehead atoms. The largest absolute Gasteiger partial charge is 0.324 e. The molecule has 0 unspecified atom stereocenters. The van der Waals surface area contributed by atoms with E-state index in [1.165, 1.54) is 0 Å². The lowest BCUT2D eigenvalue weighted by atomic mass is 10.1. The minimum atomic E-state index is -0.153. The highest BCUT2D eigenvalue weighted by molar-refractivity contribution is 6.31. The SMILES string of the molecule is Cc1c(Cl)cccc1NC(=O)c1cccc(-n2cccc2)c1. The van der Waals surface area contributed by atoms with Gasteiger partial charge in [-0.25, -0.2) is 0 Å². The minimum Gasteiger partial charge on any atom is -0.324 e. The summed E-state index contributed by atoms with van der Waals surface area (Å²) < 4.78 is 1.96. The van der Waals surface area contributed by atoms with Crippen molar-refractivity contribution in [1.82, 2.24) is 4.57 Å². The number of benzene rings is 2. The lowest BCUT2D eigenvalue weighted by molar-refractivity contribution is 0.102. The van der Waals surface area contributed by atoms with Crippen LogP contribution in [0.3, 0.4) is 0 Å². The van der Waals surface area contributed by atoms with Gasteiger partial charge in [-0.05, 0) is 55.0 Å². The Morgan fingerprint density at radius 3 is 2.55 bits per heavy atom. The molecule has 22 heavy (non-hydrogen) atoms. The monoisotopic (exact) mass is 310 g/mol. The third-order valence-corrected chi connectivity index (χ3v) is 3.94. The maximum atomic E-state index is 12.4. The molecule has 0 saturated carbocycles. The van der Waals surface area contributed by atoms with Crippen molar-refractivity contribution in [2.75, 3.05) is 5.32 Å². The van der Waals surface area contributed by atoms with E-state index in [4.69, 9.17) is 11.6 Å². The Kier molecular flexibility index (Phi) is 3.98. The predicted octanol–water partition coefficient (Wildman–Crippen LogP) is 4.69. The molecule has 0 spiro atoms. The van der Waals surface area contributed by atoms with Gasteiger partial charge in [0, 0.05) is 34.4 Å². The molecular formula is C18H15ClN2O. The number of nitrogens with zero attached hydrogens (tertiary/aromatic N) is 1. The summed E-state index contributed by atoms with van der Waals surface area (Å²) in [6.07, 6.45) is 3.89. The fourth-order valence-corrected chi connectivity index (χ4v) is 2.43. The van der Waals surface area contributed by atoms with Crippen molar-refractivity contribution in [1.29, 1.82) is 0 Å². The normalized spacial score (nSPS) is 10.5. The van der Waals surface area contributed by atoms with E-state index in [0.717, 1.165) is 16.9 Å². The van der Waals surface area contributed by atoms with Gasteiger partial charge in [0.05, 0.1) is 0 Å². The molecule has 2 aromatic carbocycles. The molecule has 3 aromatic rings. The highest BCUT2D eigenvalue weighted by atomic mass is 35.5. The van der Waals surface area contributed by atoms with Gasteiger partial charge in [0.1, 0.15) is 0 Å². The number of nitrogens with one attached hydrogen (secondary N) is 1. The van der Waals surface area contributed by atoms with Crippen molar-refractivity contribution in [3.8, 4) is 5.69 Å². The van der Waals surface area contributed by atoms with E-state index >= 15 is 0 Å². The van der Waals surface area contributed by atoms with Gasteiger partial charge in [0.25, 0.3) is 5.91 Å². The van der Waals surface area contributed by atoms with Crippen molar-refractivity contribution >= 4 is 23.2 Å². The Morgan fingerprint density at radius 1 is 1.05 bits per heavy atom. The molecule has 1 N–H and O–H groups in total. The Labute approximate surface area is 134 Å². The molecule has 0 saturated heterocycles. The topological polar surface area (TPSA) is 34.0 Å². The molecule has 110 valence electrons. The van der Waals surface area contributed by atoms with Crippen LogP contribution in [0.4, 0.5) is 5.69 Å². The number of rotatable bonds is 3. The molecule has 1 heterocycles. The maximum Gasteiger partial charge on any atom is 0.255 e. The van der Waals surface area contributed by atoms with Crippen LogP contribution in [-0.2, 0) is 0 Å². The van der Waals surface area contributed by atoms with Crippen LogP contribution in [0.2, 0.25) is 5.02 Å². The Bertz CT molecular complexity index is 810. The molecule has 0 aliphatic heterocycles. The highest BCUT2D eigenvalue weighted by Crippen LogP contribution is 2.23. The summed E-state index contributed by atoms with van der Waals surface area (Å²) >= 11 is 6.08. The summed E-state index contributed by atoms with van der Waals surface area (Å²) in [5.74, 6) is -0.153. The zero-order valence-electron chi connectivity index (χ0n) is 12.1. The highest BCUT2D eigenvalue weighted by Gasteiger charge is 2.10. The van der Waals surface area contributed by atoms with Crippen molar-refractivity contribution in [2.24, 2.45) is 0 Å². The van der Waals surface area contributed by atoms with Crippen LogP contribution in [0.25, 0.3) is 5.69 Å². The Morgan fingerprint density at radius 2 is 1.77 bits per heavy atom. The van der Waals surface area contributed by atoms with Crippen LogP contribution < -0.4 is 5.32 Å². The van der Waals surface area contributed by atoms with Crippen molar-refractivity contribution in [2.45, 2.75) is 6.92 Å². The lowest BCUT2D eigenvalue weighted by Crippen LogP contribution is -2.13. The molecule has 0 aliphatic rings. The average molecular weight is 311 g/mol. The summed E-state index contributed by atoms with van der Waals surface area (Å²) in [6, 6.07) is 16.8. The van der Waals surface area contributed by atoms with Gasteiger partial charge in [-0.3, -0.25) is 4.79 Å². The molecule has 0 radical (unpaired) electrons. The molecule has 1 amide bonds. The number of halogens is 1. The van der Waals surface area contributed by atoms with Gasteiger partial charge in [-0.15, -0.1) is 0 Å². The van der Waals surface area contributed by atoms with Gasteiger partial charge < -0.3 is 9.88 Å². The van der Waals surface area contributed by atoms with E-state index in [0.29, 0.717) is 10.6 Å². The first-order valence-corrected chi connectivity index (χ1v) is 7.33. The third-order valence-electron chi connectivity index (χ3n) is 3.53. The van der Waals surface area contributed by atoms with Gasteiger partial charge in [0.15, 0.2) is 0 Å². The fourth-order valence-electron chi connectivity index (χ4n) is 2.25. The Hall–Kier alpha value is -2.52. The van der Waals surface area contributed by atoms with Gasteiger partial charge in [-0.2, -0.15) is 0 Å². The fraction of sp³-hybridized carbons (Fsp3) is 0.0556. The summed E-state index contributed by atoms with van der Waals surface area (Å²) in [4.78, 5) is 12.4. The number of anilines is 1. The van der Waals surface area contributed by atoms with Crippen LogP contribution in [0.5, 0.6) is 0 Å². The van der Waals surface area contributed by atoms with E-state index in [-0.39, 0.29) is 5.91 Å². The maximum absolute atomic E-state index is 12.4. The van der Waals surface area contributed by atoms with Gasteiger partial charge in [0.2, 0.25) is 0 Å². The molecule has 4 heteroatoms. The first kappa shape index (κ1) is 14.4. The van der Waals surface area contributed by atoms with E-state index in [1.54, 1.807) is 12.1 Å². The predicted molar refractivity (Wildman–Crippen MR) is 89.9 cm³/mol. The number of hydrogen-bond donors (Lipinski definition) is 1. The van der Waals surface area contributed by atoms with Crippen LogP contribution in [0.1, 0.15) is 15.9 Å². The minimum absolute atomic E-state index is 0.153. The number of carbonyl (C=O) groups excluding carboxylic acids is 1. The molecule has 0 fully saturated rings. The van der Waals surface area contributed by atoms with E-state index in [2.05, 4.69) is 5.32 Å². The molecule has 3 rings (SSSR count).